The van der Waals surface area contributed by atoms with E-state index in [2.05, 4.69) is 0 Å². The molecule has 5 nitrogen and oxygen atoms in total. The zero-order valence-corrected chi connectivity index (χ0v) is 16.8. The summed E-state index contributed by atoms with van der Waals surface area (Å²) in [6.07, 6.45) is -0.476. The van der Waals surface area contributed by atoms with Gasteiger partial charge in [-0.05, 0) is 67.6 Å². The van der Waals surface area contributed by atoms with Gasteiger partial charge in [-0.3, -0.25) is 9.36 Å². The van der Waals surface area contributed by atoms with Crippen molar-refractivity contribution >= 4 is 22.5 Å². The summed E-state index contributed by atoms with van der Waals surface area (Å²) in [7, 11) is 1.60. The molecule has 0 bridgehead atoms. The van der Waals surface area contributed by atoms with Crippen molar-refractivity contribution in [2.24, 2.45) is 0 Å². The second-order valence-electron chi connectivity index (χ2n) is 6.54. The zero-order valence-electron chi connectivity index (χ0n) is 16.0. The molecule has 0 aliphatic carbocycles. The lowest BCUT2D eigenvalue weighted by atomic mass is 10.2. The number of halogens is 1. The van der Waals surface area contributed by atoms with Crippen LogP contribution in [0.1, 0.15) is 18.9 Å². The Labute approximate surface area is 173 Å². The van der Waals surface area contributed by atoms with Crippen LogP contribution in [-0.4, -0.2) is 16.7 Å². The van der Waals surface area contributed by atoms with Crippen molar-refractivity contribution in [2.75, 3.05) is 7.11 Å². The minimum absolute atomic E-state index is 0.151. The van der Waals surface area contributed by atoms with Crippen molar-refractivity contribution in [3.8, 4) is 17.2 Å². The lowest BCUT2D eigenvalue weighted by Crippen LogP contribution is -2.26. The Bertz CT molecular complexity index is 1200. The Kier molecular flexibility index (Phi) is 5.23. The molecule has 1 atom stereocenters. The number of benzene rings is 3. The van der Waals surface area contributed by atoms with E-state index in [1.54, 1.807) is 42.0 Å². The van der Waals surface area contributed by atoms with Gasteiger partial charge in [0, 0.05) is 5.02 Å². The molecule has 0 saturated heterocycles. The van der Waals surface area contributed by atoms with E-state index in [1.807, 2.05) is 49.4 Å². The van der Waals surface area contributed by atoms with Gasteiger partial charge in [-0.15, -0.1) is 0 Å². The molecule has 4 rings (SSSR count). The van der Waals surface area contributed by atoms with Gasteiger partial charge in [0.15, 0.2) is 11.9 Å². The molecule has 0 amide bonds. The Morgan fingerprint density at radius 3 is 2.28 bits per heavy atom. The number of fused-ring (bicyclic) bond motifs is 1. The summed E-state index contributed by atoms with van der Waals surface area (Å²) in [4.78, 5) is 18.1. The van der Waals surface area contributed by atoms with Gasteiger partial charge in [0.05, 0.1) is 23.7 Å². The fourth-order valence-electron chi connectivity index (χ4n) is 3.17. The fourth-order valence-corrected chi connectivity index (χ4v) is 3.30. The first kappa shape index (κ1) is 19.0. The molecule has 4 aromatic rings. The van der Waals surface area contributed by atoms with Crippen LogP contribution in [0.15, 0.2) is 77.6 Å². The minimum atomic E-state index is -0.476. The van der Waals surface area contributed by atoms with E-state index in [9.17, 15) is 4.79 Å². The number of hydrogen-bond donors (Lipinski definition) is 0. The molecule has 1 aromatic heterocycles. The average molecular weight is 407 g/mol. The van der Waals surface area contributed by atoms with Crippen molar-refractivity contribution < 1.29 is 9.47 Å². The summed E-state index contributed by atoms with van der Waals surface area (Å²) in [5.41, 5.74) is 1.17. The molecule has 1 heterocycles. The summed E-state index contributed by atoms with van der Waals surface area (Å²) in [6.45, 7) is 1.87. The normalized spacial score (nSPS) is 12.0. The number of methoxy groups -OCH3 is 1. The molecule has 6 heteroatoms. The standard InChI is InChI=1S/C23H19ClN2O3/c1-15(29-19-11-7-16(24)8-12-19)22-25-21-6-4-3-5-20(21)23(27)26(22)17-9-13-18(28-2)14-10-17/h3-15H,1-2H3/t15-/m1/s1. The number of para-hydroxylation sites is 1. The minimum Gasteiger partial charge on any atom is -0.497 e. The van der Waals surface area contributed by atoms with E-state index in [0.717, 1.165) is 0 Å². The highest BCUT2D eigenvalue weighted by molar-refractivity contribution is 6.30. The van der Waals surface area contributed by atoms with Gasteiger partial charge in [-0.25, -0.2) is 4.98 Å². The predicted molar refractivity (Wildman–Crippen MR) is 114 cm³/mol. The van der Waals surface area contributed by atoms with Crippen LogP contribution >= 0.6 is 11.6 Å². The van der Waals surface area contributed by atoms with Crippen LogP contribution in [0.4, 0.5) is 0 Å². The maximum Gasteiger partial charge on any atom is 0.266 e. The third-order valence-corrected chi connectivity index (χ3v) is 4.87. The summed E-state index contributed by atoms with van der Waals surface area (Å²) >= 11 is 5.96. The van der Waals surface area contributed by atoms with Crippen molar-refractivity contribution in [3.05, 3.63) is 94.0 Å². The number of rotatable bonds is 5. The van der Waals surface area contributed by atoms with Gasteiger partial charge in [-0.1, -0.05) is 23.7 Å². The third-order valence-electron chi connectivity index (χ3n) is 4.62. The van der Waals surface area contributed by atoms with Crippen LogP contribution in [0.5, 0.6) is 11.5 Å². The summed E-state index contributed by atoms with van der Waals surface area (Å²) in [5.74, 6) is 1.86. The molecular weight excluding hydrogens is 388 g/mol. The lowest BCUT2D eigenvalue weighted by molar-refractivity contribution is 0.213. The van der Waals surface area contributed by atoms with Gasteiger partial charge in [0.25, 0.3) is 5.56 Å². The van der Waals surface area contributed by atoms with E-state index in [1.165, 1.54) is 0 Å². The van der Waals surface area contributed by atoms with E-state index < -0.39 is 6.10 Å². The topological polar surface area (TPSA) is 53.4 Å². The highest BCUT2D eigenvalue weighted by Gasteiger charge is 2.19. The zero-order chi connectivity index (χ0) is 20.4. The molecule has 0 fully saturated rings. The van der Waals surface area contributed by atoms with Crippen LogP contribution < -0.4 is 15.0 Å². The van der Waals surface area contributed by atoms with E-state index in [-0.39, 0.29) is 5.56 Å². The van der Waals surface area contributed by atoms with E-state index >= 15 is 0 Å². The SMILES string of the molecule is COc1ccc(-n2c([C@@H](C)Oc3ccc(Cl)cc3)nc3ccccc3c2=O)cc1. The van der Waals surface area contributed by atoms with E-state index in [0.29, 0.717) is 38.9 Å². The number of hydrogen-bond acceptors (Lipinski definition) is 4. The second-order valence-corrected chi connectivity index (χ2v) is 6.98. The molecule has 0 spiro atoms. The summed E-state index contributed by atoms with van der Waals surface area (Å²) in [6, 6.07) is 21.7. The predicted octanol–water partition coefficient (Wildman–Crippen LogP) is 5.19. The Morgan fingerprint density at radius 1 is 0.931 bits per heavy atom. The second kappa shape index (κ2) is 7.97. The molecular formula is C23H19ClN2O3. The molecule has 0 radical (unpaired) electrons. The molecule has 146 valence electrons. The van der Waals surface area contributed by atoms with Gasteiger partial charge in [0.1, 0.15) is 11.5 Å². The summed E-state index contributed by atoms with van der Waals surface area (Å²) in [5, 5.41) is 1.18. The fraction of sp³-hybridized carbons (Fsp3) is 0.130. The number of nitrogens with zero attached hydrogens (tertiary/aromatic N) is 2. The Balaban J connectivity index is 1.86. The molecule has 0 saturated carbocycles. The number of aromatic nitrogens is 2. The van der Waals surface area contributed by atoms with Crippen LogP contribution in [0.25, 0.3) is 16.6 Å². The van der Waals surface area contributed by atoms with Gasteiger partial charge < -0.3 is 9.47 Å². The van der Waals surface area contributed by atoms with Crippen molar-refractivity contribution in [2.45, 2.75) is 13.0 Å². The molecule has 29 heavy (non-hydrogen) atoms. The van der Waals surface area contributed by atoms with Crippen molar-refractivity contribution in [1.29, 1.82) is 0 Å². The van der Waals surface area contributed by atoms with Crippen molar-refractivity contribution in [1.82, 2.24) is 9.55 Å². The smallest absolute Gasteiger partial charge is 0.266 e. The first-order chi connectivity index (χ1) is 14.1. The van der Waals surface area contributed by atoms with Crippen LogP contribution in [0.3, 0.4) is 0 Å². The Hall–Kier alpha value is -3.31. The summed E-state index contributed by atoms with van der Waals surface area (Å²) < 4.78 is 12.9. The molecule has 0 aliphatic heterocycles. The highest BCUT2D eigenvalue weighted by Crippen LogP contribution is 2.25. The van der Waals surface area contributed by atoms with Crippen LogP contribution in [0, 0.1) is 0 Å². The van der Waals surface area contributed by atoms with Crippen molar-refractivity contribution in [3.63, 3.8) is 0 Å². The maximum atomic E-state index is 13.3. The van der Waals surface area contributed by atoms with Crippen LogP contribution in [0.2, 0.25) is 5.02 Å². The lowest BCUT2D eigenvalue weighted by Gasteiger charge is -2.20. The molecule has 0 aliphatic rings. The van der Waals surface area contributed by atoms with Gasteiger partial charge in [-0.2, -0.15) is 0 Å². The maximum absolute atomic E-state index is 13.3. The molecule has 0 N–H and O–H groups in total. The quantitative estimate of drug-likeness (QED) is 0.457. The first-order valence-electron chi connectivity index (χ1n) is 9.15. The van der Waals surface area contributed by atoms with Crippen LogP contribution in [-0.2, 0) is 0 Å². The monoisotopic (exact) mass is 406 g/mol. The van der Waals surface area contributed by atoms with Gasteiger partial charge in [0.2, 0.25) is 0 Å². The largest absolute Gasteiger partial charge is 0.497 e. The number of ether oxygens (including phenoxy) is 2. The Morgan fingerprint density at radius 2 is 1.59 bits per heavy atom. The van der Waals surface area contributed by atoms with E-state index in [4.69, 9.17) is 26.1 Å². The van der Waals surface area contributed by atoms with Gasteiger partial charge >= 0.3 is 0 Å². The molecule has 3 aromatic carbocycles. The highest BCUT2D eigenvalue weighted by atomic mass is 35.5. The average Bonchev–Trinajstić information content (AvgIpc) is 2.75. The first-order valence-corrected chi connectivity index (χ1v) is 9.53. The molecule has 0 unspecified atom stereocenters. The third kappa shape index (κ3) is 3.82.